The minimum Gasteiger partial charge on any atom is -0.340 e. The third-order valence-corrected chi connectivity index (χ3v) is 2.91. The monoisotopic (exact) mass is 282 g/mol. The van der Waals surface area contributed by atoms with Gasteiger partial charge in [0.25, 0.3) is 11.8 Å². The number of carbonyl (C=O) groups is 2. The van der Waals surface area contributed by atoms with Gasteiger partial charge in [0.1, 0.15) is 11.9 Å². The molecule has 0 bridgehead atoms. The van der Waals surface area contributed by atoms with Crippen LogP contribution in [0.15, 0.2) is 24.3 Å². The lowest BCUT2D eigenvalue weighted by molar-refractivity contribution is -0.171. The first-order valence-electron chi connectivity index (χ1n) is 6.25. The smallest absolute Gasteiger partial charge is 0.268 e. The Labute approximate surface area is 117 Å². The van der Waals surface area contributed by atoms with Crippen molar-refractivity contribution >= 4 is 11.8 Å². The van der Waals surface area contributed by atoms with Crippen molar-refractivity contribution in [3.8, 4) is 0 Å². The van der Waals surface area contributed by atoms with Crippen molar-refractivity contribution in [3.05, 3.63) is 35.6 Å². The molecule has 0 spiro atoms. The Morgan fingerprint density at radius 1 is 1.25 bits per heavy atom. The average molecular weight is 282 g/mol. The van der Waals surface area contributed by atoms with Crippen LogP contribution in [0, 0.1) is 11.7 Å². The molecule has 0 radical (unpaired) electrons. The van der Waals surface area contributed by atoms with Crippen molar-refractivity contribution in [2.24, 2.45) is 5.92 Å². The standard InChI is InChI=1S/C14H19FN2O3/c1-9(2)12(14(19)17(3)20-4)16-13(18)10-5-7-11(15)8-6-10/h5-9,12H,1-4H3,(H,16,18). The number of nitrogens with one attached hydrogen (secondary N) is 1. The van der Waals surface area contributed by atoms with Crippen LogP contribution in [0.3, 0.4) is 0 Å². The van der Waals surface area contributed by atoms with Gasteiger partial charge in [-0.15, -0.1) is 0 Å². The lowest BCUT2D eigenvalue weighted by atomic mass is 10.0. The van der Waals surface area contributed by atoms with Crippen LogP contribution in [-0.4, -0.2) is 37.1 Å². The van der Waals surface area contributed by atoms with Gasteiger partial charge in [0, 0.05) is 12.6 Å². The Hall–Kier alpha value is -1.95. The Balaban J connectivity index is 2.83. The first-order valence-corrected chi connectivity index (χ1v) is 6.25. The number of halogens is 1. The van der Waals surface area contributed by atoms with Gasteiger partial charge in [-0.05, 0) is 30.2 Å². The quantitative estimate of drug-likeness (QED) is 0.835. The van der Waals surface area contributed by atoms with Gasteiger partial charge in [-0.3, -0.25) is 14.4 Å². The summed E-state index contributed by atoms with van der Waals surface area (Å²) in [4.78, 5) is 28.9. The van der Waals surface area contributed by atoms with Gasteiger partial charge in [-0.2, -0.15) is 0 Å². The predicted molar refractivity (Wildman–Crippen MR) is 72.3 cm³/mol. The Bertz CT molecular complexity index is 474. The maximum absolute atomic E-state index is 12.8. The van der Waals surface area contributed by atoms with Crippen LogP contribution in [0.5, 0.6) is 0 Å². The highest BCUT2D eigenvalue weighted by Gasteiger charge is 2.27. The van der Waals surface area contributed by atoms with E-state index in [-0.39, 0.29) is 11.8 Å². The van der Waals surface area contributed by atoms with Crippen LogP contribution in [0.25, 0.3) is 0 Å². The van der Waals surface area contributed by atoms with Crippen molar-refractivity contribution in [1.82, 2.24) is 10.4 Å². The molecule has 1 aromatic carbocycles. The van der Waals surface area contributed by atoms with Crippen molar-refractivity contribution in [3.63, 3.8) is 0 Å². The zero-order chi connectivity index (χ0) is 15.3. The fourth-order valence-electron chi connectivity index (χ4n) is 1.63. The summed E-state index contributed by atoms with van der Waals surface area (Å²) >= 11 is 0. The maximum Gasteiger partial charge on any atom is 0.268 e. The van der Waals surface area contributed by atoms with E-state index < -0.39 is 17.8 Å². The van der Waals surface area contributed by atoms with Gasteiger partial charge >= 0.3 is 0 Å². The van der Waals surface area contributed by atoms with Crippen molar-refractivity contribution in [2.75, 3.05) is 14.2 Å². The Kier molecular flexibility index (Phi) is 5.64. The van der Waals surface area contributed by atoms with Gasteiger partial charge in [-0.25, -0.2) is 9.45 Å². The predicted octanol–water partition coefficient (Wildman–Crippen LogP) is 1.60. The molecule has 0 fully saturated rings. The molecule has 0 aromatic heterocycles. The van der Waals surface area contributed by atoms with Gasteiger partial charge in [-0.1, -0.05) is 13.8 Å². The van der Waals surface area contributed by atoms with Crippen LogP contribution in [-0.2, 0) is 9.63 Å². The van der Waals surface area contributed by atoms with Crippen LogP contribution in [0.1, 0.15) is 24.2 Å². The van der Waals surface area contributed by atoms with Gasteiger partial charge in [0.05, 0.1) is 7.11 Å². The van der Waals surface area contributed by atoms with Gasteiger partial charge in [0.15, 0.2) is 0 Å². The average Bonchev–Trinajstić information content (AvgIpc) is 2.43. The number of nitrogens with zero attached hydrogens (tertiary/aromatic N) is 1. The van der Waals surface area contributed by atoms with Crippen LogP contribution in [0.4, 0.5) is 4.39 Å². The molecule has 1 N–H and O–H groups in total. The van der Waals surface area contributed by atoms with E-state index in [1.807, 2.05) is 13.8 Å². The first kappa shape index (κ1) is 16.1. The largest absolute Gasteiger partial charge is 0.340 e. The second kappa shape index (κ2) is 7.00. The molecule has 0 heterocycles. The highest BCUT2D eigenvalue weighted by atomic mass is 19.1. The van der Waals surface area contributed by atoms with E-state index in [0.29, 0.717) is 5.56 Å². The van der Waals surface area contributed by atoms with Crippen molar-refractivity contribution in [2.45, 2.75) is 19.9 Å². The lowest BCUT2D eigenvalue weighted by Crippen LogP contribution is -2.49. The minimum absolute atomic E-state index is 0.107. The summed E-state index contributed by atoms with van der Waals surface area (Å²) in [6.07, 6.45) is 0. The molecule has 0 aliphatic heterocycles. The number of hydrogen-bond donors (Lipinski definition) is 1. The molecular formula is C14H19FN2O3. The highest BCUT2D eigenvalue weighted by molar-refractivity contribution is 5.97. The molecule has 110 valence electrons. The molecule has 5 nitrogen and oxygen atoms in total. The maximum atomic E-state index is 12.8. The van der Waals surface area contributed by atoms with Crippen molar-refractivity contribution in [1.29, 1.82) is 0 Å². The number of hydroxylamine groups is 2. The molecule has 1 rings (SSSR count). The van der Waals surface area contributed by atoms with Gasteiger partial charge in [0.2, 0.25) is 0 Å². The highest BCUT2D eigenvalue weighted by Crippen LogP contribution is 2.08. The molecular weight excluding hydrogens is 263 g/mol. The zero-order valence-electron chi connectivity index (χ0n) is 12.0. The Morgan fingerprint density at radius 3 is 2.25 bits per heavy atom. The summed E-state index contributed by atoms with van der Waals surface area (Å²) in [7, 11) is 2.85. The molecule has 2 amide bonds. The molecule has 0 aliphatic rings. The van der Waals surface area contributed by atoms with E-state index in [0.717, 1.165) is 5.06 Å². The summed E-state index contributed by atoms with van der Waals surface area (Å²) in [5.41, 5.74) is 0.296. The molecule has 0 saturated carbocycles. The third-order valence-electron chi connectivity index (χ3n) is 2.91. The lowest BCUT2D eigenvalue weighted by Gasteiger charge is -2.25. The summed E-state index contributed by atoms with van der Waals surface area (Å²) in [6.45, 7) is 3.63. The van der Waals surface area contributed by atoms with E-state index in [9.17, 15) is 14.0 Å². The summed E-state index contributed by atoms with van der Waals surface area (Å²) in [5.74, 6) is -1.30. The summed E-state index contributed by atoms with van der Waals surface area (Å²) in [6, 6.07) is 4.42. The van der Waals surface area contributed by atoms with Crippen molar-refractivity contribution < 1.29 is 18.8 Å². The number of benzene rings is 1. The number of likely N-dealkylation sites (N-methyl/N-ethyl adjacent to an activating group) is 1. The molecule has 20 heavy (non-hydrogen) atoms. The molecule has 0 saturated heterocycles. The van der Waals surface area contributed by atoms with E-state index in [4.69, 9.17) is 4.84 Å². The SMILES string of the molecule is CON(C)C(=O)C(NC(=O)c1ccc(F)cc1)C(C)C. The van der Waals surface area contributed by atoms with Gasteiger partial charge < -0.3 is 5.32 Å². The van der Waals surface area contributed by atoms with Crippen LogP contribution < -0.4 is 5.32 Å². The fourth-order valence-corrected chi connectivity index (χ4v) is 1.63. The van der Waals surface area contributed by atoms with E-state index in [1.165, 1.54) is 38.4 Å². The third kappa shape index (κ3) is 4.03. The van der Waals surface area contributed by atoms with E-state index >= 15 is 0 Å². The number of hydrogen-bond acceptors (Lipinski definition) is 3. The second-order valence-electron chi connectivity index (χ2n) is 4.72. The molecule has 6 heteroatoms. The van der Waals surface area contributed by atoms with Crippen LogP contribution >= 0.6 is 0 Å². The van der Waals surface area contributed by atoms with E-state index in [2.05, 4.69) is 5.32 Å². The summed E-state index contributed by atoms with van der Waals surface area (Å²) < 4.78 is 12.8. The molecule has 1 aromatic rings. The minimum atomic E-state index is -0.711. The molecule has 0 aliphatic carbocycles. The fraction of sp³-hybridized carbons (Fsp3) is 0.429. The normalized spacial score (nSPS) is 12.1. The summed E-state index contributed by atoms with van der Waals surface area (Å²) in [5, 5.41) is 3.70. The number of rotatable bonds is 5. The Morgan fingerprint density at radius 2 is 1.80 bits per heavy atom. The van der Waals surface area contributed by atoms with Crippen LogP contribution in [0.2, 0.25) is 0 Å². The topological polar surface area (TPSA) is 58.6 Å². The molecule has 1 atom stereocenters. The molecule has 1 unspecified atom stereocenters. The number of carbonyl (C=O) groups excluding carboxylic acids is 2. The second-order valence-corrected chi connectivity index (χ2v) is 4.72. The number of amides is 2. The first-order chi connectivity index (χ1) is 9.36. The zero-order valence-corrected chi connectivity index (χ0v) is 12.0. The van der Waals surface area contributed by atoms with E-state index in [1.54, 1.807) is 0 Å².